The third-order valence-corrected chi connectivity index (χ3v) is 1.02. The van der Waals surface area contributed by atoms with Crippen molar-refractivity contribution in [2.75, 3.05) is 5.75 Å². The molecule has 0 aliphatic heterocycles. The van der Waals surface area contributed by atoms with Crippen LogP contribution in [-0.2, 0) is 47.6 Å². The van der Waals surface area contributed by atoms with Gasteiger partial charge in [0.05, 0.1) is 0 Å². The Hall–Kier alpha value is 0.530. The standard InChI is InChI=1S/C6H6S.C2H6S.Ag/c7-6-4-2-1-3-5-6;1-2-3;/h1-5,7H;3H,2H2,1H3;/p-2. The van der Waals surface area contributed by atoms with Crippen LogP contribution in [0.3, 0.4) is 0 Å². The molecule has 0 saturated carbocycles. The van der Waals surface area contributed by atoms with Gasteiger partial charge in [-0.1, -0.05) is 37.3 Å². The Labute approximate surface area is 95.1 Å². The molecule has 0 amide bonds. The van der Waals surface area contributed by atoms with Gasteiger partial charge in [0, 0.05) is 22.4 Å². The van der Waals surface area contributed by atoms with Crippen LogP contribution in [0.1, 0.15) is 6.92 Å². The molecule has 0 bridgehead atoms. The van der Waals surface area contributed by atoms with E-state index < -0.39 is 0 Å². The van der Waals surface area contributed by atoms with Crippen molar-refractivity contribution in [3.63, 3.8) is 0 Å². The van der Waals surface area contributed by atoms with E-state index in [1.165, 1.54) is 0 Å². The molecule has 3 heteroatoms. The summed E-state index contributed by atoms with van der Waals surface area (Å²) in [5.41, 5.74) is 0. The minimum absolute atomic E-state index is 0. The van der Waals surface area contributed by atoms with E-state index in [4.69, 9.17) is 12.6 Å². The summed E-state index contributed by atoms with van der Waals surface area (Å²) < 4.78 is 0. The Morgan fingerprint density at radius 2 is 1.55 bits per heavy atom. The van der Waals surface area contributed by atoms with Crippen LogP contribution < -0.4 is 0 Å². The van der Waals surface area contributed by atoms with Crippen LogP contribution in [-0.4, -0.2) is 5.75 Å². The summed E-state index contributed by atoms with van der Waals surface area (Å²) in [6.07, 6.45) is 0. The Kier molecular flexibility index (Phi) is 13.5. The summed E-state index contributed by atoms with van der Waals surface area (Å²) in [6.45, 7) is 1.94. The molecule has 0 unspecified atom stereocenters. The van der Waals surface area contributed by atoms with Crippen LogP contribution in [0.5, 0.6) is 0 Å². The first-order chi connectivity index (χ1) is 4.81. The zero-order valence-corrected chi connectivity index (χ0v) is 9.33. The molecule has 1 aromatic rings. The molecule has 67 valence electrons. The smallest absolute Gasteiger partial charge is 0 e. The van der Waals surface area contributed by atoms with Crippen molar-refractivity contribution in [1.29, 1.82) is 0 Å². The minimum atomic E-state index is 0. The van der Waals surface area contributed by atoms with E-state index in [2.05, 4.69) is 12.6 Å². The Balaban J connectivity index is 0. The average molecular weight is 278 g/mol. The van der Waals surface area contributed by atoms with E-state index in [1.54, 1.807) is 0 Å². The SMILES string of the molecule is CC[S-].[Ag].[S-]c1ccccc1. The van der Waals surface area contributed by atoms with Gasteiger partial charge in [0.2, 0.25) is 0 Å². The van der Waals surface area contributed by atoms with Gasteiger partial charge in [-0.05, 0) is 0 Å². The second kappa shape index (κ2) is 10.5. The quantitative estimate of drug-likeness (QED) is 0.527. The second-order valence-electron chi connectivity index (χ2n) is 1.60. The van der Waals surface area contributed by atoms with Crippen molar-refractivity contribution in [2.24, 2.45) is 0 Å². The van der Waals surface area contributed by atoms with E-state index in [0.717, 1.165) is 10.6 Å². The van der Waals surface area contributed by atoms with Crippen molar-refractivity contribution >= 4 is 25.3 Å². The van der Waals surface area contributed by atoms with Gasteiger partial charge in [0.25, 0.3) is 0 Å². The van der Waals surface area contributed by atoms with Crippen LogP contribution in [0.15, 0.2) is 35.2 Å². The molecule has 1 radical (unpaired) electrons. The zero-order chi connectivity index (χ0) is 7.82. The van der Waals surface area contributed by atoms with Gasteiger partial charge in [-0.15, -0.1) is 0 Å². The van der Waals surface area contributed by atoms with Crippen LogP contribution in [0, 0.1) is 0 Å². The summed E-state index contributed by atoms with van der Waals surface area (Å²) >= 11 is 9.21. The van der Waals surface area contributed by atoms with Gasteiger partial charge in [0.15, 0.2) is 0 Å². The molecule has 0 aliphatic carbocycles. The molecule has 0 aromatic heterocycles. The number of rotatable bonds is 0. The molecule has 11 heavy (non-hydrogen) atoms. The molecular formula is C8H10AgS2-2. The Morgan fingerprint density at radius 3 is 1.73 bits per heavy atom. The normalized spacial score (nSPS) is 7.09. The van der Waals surface area contributed by atoms with Crippen LogP contribution in [0.2, 0.25) is 0 Å². The molecule has 0 nitrogen and oxygen atoms in total. The van der Waals surface area contributed by atoms with Crippen molar-refractivity contribution in [3.05, 3.63) is 30.3 Å². The van der Waals surface area contributed by atoms with E-state index in [9.17, 15) is 0 Å². The summed E-state index contributed by atoms with van der Waals surface area (Å²) in [5.74, 6) is 0.833. The summed E-state index contributed by atoms with van der Waals surface area (Å²) in [4.78, 5) is 0.905. The fourth-order valence-corrected chi connectivity index (χ4v) is 0.578. The Morgan fingerprint density at radius 1 is 1.18 bits per heavy atom. The van der Waals surface area contributed by atoms with Crippen LogP contribution in [0.25, 0.3) is 0 Å². The third kappa shape index (κ3) is 10.5. The molecule has 0 atom stereocenters. The van der Waals surface area contributed by atoms with Crippen molar-refractivity contribution < 1.29 is 22.4 Å². The molecule has 1 rings (SSSR count). The Bertz CT molecular complexity index is 153. The molecule has 0 aliphatic rings. The maximum Gasteiger partial charge on any atom is 0 e. The van der Waals surface area contributed by atoms with E-state index in [-0.39, 0.29) is 22.4 Å². The minimum Gasteiger partial charge on any atom is -0.793 e. The molecule has 0 saturated heterocycles. The van der Waals surface area contributed by atoms with Crippen LogP contribution >= 0.6 is 0 Å². The largest absolute Gasteiger partial charge is 0.793 e. The summed E-state index contributed by atoms with van der Waals surface area (Å²) in [7, 11) is 0. The first kappa shape index (κ1) is 14.1. The molecule has 0 N–H and O–H groups in total. The topological polar surface area (TPSA) is 0 Å². The van der Waals surface area contributed by atoms with E-state index >= 15 is 0 Å². The molecule has 0 spiro atoms. The predicted octanol–water partition coefficient (Wildman–Crippen LogP) is 2.14. The first-order valence-corrected chi connectivity index (χ1v) is 4.10. The van der Waals surface area contributed by atoms with Crippen molar-refractivity contribution in [3.8, 4) is 0 Å². The van der Waals surface area contributed by atoms with E-state index in [0.29, 0.717) is 0 Å². The average Bonchev–Trinajstić information content (AvgIpc) is 1.91. The van der Waals surface area contributed by atoms with Crippen molar-refractivity contribution in [1.82, 2.24) is 0 Å². The van der Waals surface area contributed by atoms with Gasteiger partial charge in [-0.25, -0.2) is 0 Å². The number of benzene rings is 1. The van der Waals surface area contributed by atoms with Gasteiger partial charge >= 0.3 is 0 Å². The molecule has 0 fully saturated rings. The van der Waals surface area contributed by atoms with Gasteiger partial charge < -0.3 is 25.3 Å². The fourth-order valence-electron chi connectivity index (χ4n) is 0.420. The monoisotopic (exact) mass is 277 g/mol. The fraction of sp³-hybridized carbons (Fsp3) is 0.250. The predicted molar refractivity (Wildman–Crippen MR) is 50.0 cm³/mol. The zero-order valence-electron chi connectivity index (χ0n) is 6.21. The first-order valence-electron chi connectivity index (χ1n) is 3.11. The van der Waals surface area contributed by atoms with Crippen molar-refractivity contribution in [2.45, 2.75) is 11.8 Å². The number of hydrogen-bond donors (Lipinski definition) is 0. The molecule has 0 heterocycles. The van der Waals surface area contributed by atoms with Gasteiger partial charge in [-0.3, -0.25) is 0 Å². The van der Waals surface area contributed by atoms with Gasteiger partial charge in [-0.2, -0.15) is 10.6 Å². The number of hydrogen-bond acceptors (Lipinski definition) is 2. The maximum absolute atomic E-state index is 4.81. The summed E-state index contributed by atoms with van der Waals surface area (Å²) in [5, 5.41) is 0. The molecular weight excluding hydrogens is 268 g/mol. The van der Waals surface area contributed by atoms with Crippen LogP contribution in [0.4, 0.5) is 0 Å². The van der Waals surface area contributed by atoms with Gasteiger partial charge in [0.1, 0.15) is 0 Å². The maximum atomic E-state index is 4.81. The second-order valence-corrected chi connectivity index (χ2v) is 2.65. The van der Waals surface area contributed by atoms with E-state index in [1.807, 2.05) is 37.3 Å². The molecule has 1 aromatic carbocycles. The third-order valence-electron chi connectivity index (χ3n) is 0.743. The summed E-state index contributed by atoms with van der Waals surface area (Å²) in [6, 6.07) is 9.62.